The van der Waals surface area contributed by atoms with Gasteiger partial charge in [0.2, 0.25) is 0 Å². The van der Waals surface area contributed by atoms with Crippen LogP contribution >= 0.6 is 15.9 Å². The Bertz CT molecular complexity index is 623. The minimum absolute atomic E-state index is 0.180. The van der Waals surface area contributed by atoms with E-state index in [9.17, 15) is 4.79 Å². The zero-order valence-electron chi connectivity index (χ0n) is 11.2. The molecule has 1 heterocycles. The molecule has 0 aliphatic rings. The smallest absolute Gasteiger partial charge is 0.336 e. The van der Waals surface area contributed by atoms with Crippen LogP contribution in [0, 0.1) is 0 Å². The molecule has 106 valence electrons. The average Bonchev–Trinajstić information content (AvgIpc) is 2.86. The Hall–Kier alpha value is -1.82. The SMILES string of the molecule is CC(C)n1cncc1COc1ccc(Br)c(C(=O)O)c1. The molecule has 0 bridgehead atoms. The summed E-state index contributed by atoms with van der Waals surface area (Å²) < 4.78 is 8.18. The molecule has 2 aromatic rings. The molecule has 1 N–H and O–H groups in total. The third kappa shape index (κ3) is 3.19. The summed E-state index contributed by atoms with van der Waals surface area (Å²) >= 11 is 3.20. The molecule has 0 atom stereocenters. The van der Waals surface area contributed by atoms with Gasteiger partial charge in [0.25, 0.3) is 0 Å². The Balaban J connectivity index is 2.13. The molecule has 5 nitrogen and oxygen atoms in total. The maximum atomic E-state index is 11.1. The van der Waals surface area contributed by atoms with Gasteiger partial charge in [-0.2, -0.15) is 0 Å². The molecule has 0 aliphatic heterocycles. The van der Waals surface area contributed by atoms with Crippen LogP contribution < -0.4 is 4.74 Å². The van der Waals surface area contributed by atoms with Crippen LogP contribution in [0.15, 0.2) is 35.2 Å². The largest absolute Gasteiger partial charge is 0.487 e. The molecule has 20 heavy (non-hydrogen) atoms. The second-order valence-electron chi connectivity index (χ2n) is 4.62. The van der Waals surface area contributed by atoms with Crippen molar-refractivity contribution in [3.8, 4) is 5.75 Å². The van der Waals surface area contributed by atoms with E-state index in [1.807, 2.05) is 4.57 Å². The highest BCUT2D eigenvalue weighted by molar-refractivity contribution is 9.10. The van der Waals surface area contributed by atoms with Gasteiger partial charge >= 0.3 is 5.97 Å². The summed E-state index contributed by atoms with van der Waals surface area (Å²) in [7, 11) is 0. The topological polar surface area (TPSA) is 64.4 Å². The predicted octanol–water partition coefficient (Wildman–Crippen LogP) is 3.50. The number of ether oxygens (including phenoxy) is 1. The van der Waals surface area contributed by atoms with Gasteiger partial charge in [0.15, 0.2) is 0 Å². The van der Waals surface area contributed by atoms with Crippen molar-refractivity contribution in [2.24, 2.45) is 0 Å². The molecule has 6 heteroatoms. The van der Waals surface area contributed by atoms with E-state index < -0.39 is 5.97 Å². The highest BCUT2D eigenvalue weighted by atomic mass is 79.9. The number of aromatic nitrogens is 2. The van der Waals surface area contributed by atoms with Crippen molar-refractivity contribution in [2.45, 2.75) is 26.5 Å². The van der Waals surface area contributed by atoms with E-state index in [0.29, 0.717) is 22.9 Å². The molecule has 0 unspecified atom stereocenters. The molecule has 2 rings (SSSR count). The maximum absolute atomic E-state index is 11.1. The number of imidazole rings is 1. The normalized spacial score (nSPS) is 10.8. The van der Waals surface area contributed by atoms with Crippen LogP contribution in [0.2, 0.25) is 0 Å². The van der Waals surface area contributed by atoms with Gasteiger partial charge in [-0.1, -0.05) is 0 Å². The number of hydrogen-bond acceptors (Lipinski definition) is 3. The van der Waals surface area contributed by atoms with Crippen LogP contribution in [0.25, 0.3) is 0 Å². The summed E-state index contributed by atoms with van der Waals surface area (Å²) in [5.41, 5.74) is 1.12. The first-order chi connectivity index (χ1) is 9.49. The molecule has 0 spiro atoms. The Morgan fingerprint density at radius 1 is 1.50 bits per heavy atom. The fourth-order valence-electron chi connectivity index (χ4n) is 1.82. The first kappa shape index (κ1) is 14.6. The number of aromatic carboxylic acids is 1. The standard InChI is InChI=1S/C14H15BrN2O3/c1-9(2)17-8-16-6-10(17)7-20-11-3-4-13(15)12(5-11)14(18)19/h3-6,8-9H,7H2,1-2H3,(H,18,19). The summed E-state index contributed by atoms with van der Waals surface area (Å²) in [6.45, 7) is 4.47. The Morgan fingerprint density at radius 3 is 2.90 bits per heavy atom. The molecular weight excluding hydrogens is 324 g/mol. The van der Waals surface area contributed by atoms with E-state index in [-0.39, 0.29) is 5.56 Å². The van der Waals surface area contributed by atoms with Crippen LogP contribution in [0.1, 0.15) is 35.9 Å². The van der Waals surface area contributed by atoms with Gasteiger partial charge in [0.05, 0.1) is 23.8 Å². The van der Waals surface area contributed by atoms with Crippen molar-refractivity contribution in [2.75, 3.05) is 0 Å². The van der Waals surface area contributed by atoms with Crippen molar-refractivity contribution >= 4 is 21.9 Å². The number of halogens is 1. The first-order valence-corrected chi connectivity index (χ1v) is 6.94. The van der Waals surface area contributed by atoms with Crippen molar-refractivity contribution in [1.82, 2.24) is 9.55 Å². The van der Waals surface area contributed by atoms with Gasteiger partial charge in [-0.05, 0) is 48.0 Å². The van der Waals surface area contributed by atoms with Gasteiger partial charge in [-0.25, -0.2) is 9.78 Å². The minimum Gasteiger partial charge on any atom is -0.487 e. The zero-order valence-corrected chi connectivity index (χ0v) is 12.8. The van der Waals surface area contributed by atoms with Crippen molar-refractivity contribution in [3.05, 3.63) is 46.5 Å². The van der Waals surface area contributed by atoms with Gasteiger partial charge < -0.3 is 14.4 Å². The van der Waals surface area contributed by atoms with Crippen molar-refractivity contribution in [1.29, 1.82) is 0 Å². The van der Waals surface area contributed by atoms with Crippen LogP contribution in [-0.4, -0.2) is 20.6 Å². The molecule has 0 saturated heterocycles. The van der Waals surface area contributed by atoms with Gasteiger partial charge in [0.1, 0.15) is 12.4 Å². The lowest BCUT2D eigenvalue weighted by molar-refractivity contribution is 0.0695. The highest BCUT2D eigenvalue weighted by Crippen LogP contribution is 2.23. The minimum atomic E-state index is -0.991. The lowest BCUT2D eigenvalue weighted by Crippen LogP contribution is -2.07. The monoisotopic (exact) mass is 338 g/mol. The van der Waals surface area contributed by atoms with E-state index in [4.69, 9.17) is 9.84 Å². The number of hydrogen-bond donors (Lipinski definition) is 1. The molecule has 1 aromatic carbocycles. The summed E-state index contributed by atoms with van der Waals surface area (Å²) in [6.07, 6.45) is 3.50. The second-order valence-corrected chi connectivity index (χ2v) is 5.48. The number of carbonyl (C=O) groups is 1. The van der Waals surface area contributed by atoms with Gasteiger partial charge in [-0.3, -0.25) is 0 Å². The fourth-order valence-corrected chi connectivity index (χ4v) is 2.24. The predicted molar refractivity (Wildman–Crippen MR) is 78.0 cm³/mol. The average molecular weight is 339 g/mol. The Morgan fingerprint density at radius 2 is 2.25 bits per heavy atom. The number of rotatable bonds is 5. The maximum Gasteiger partial charge on any atom is 0.336 e. The Labute approximate surface area is 125 Å². The fraction of sp³-hybridized carbons (Fsp3) is 0.286. The van der Waals surface area contributed by atoms with Crippen LogP contribution in [0.5, 0.6) is 5.75 Å². The number of benzene rings is 1. The molecule has 0 amide bonds. The number of carboxylic acid groups (broad SMARTS) is 1. The molecule has 1 aromatic heterocycles. The highest BCUT2D eigenvalue weighted by Gasteiger charge is 2.11. The van der Waals surface area contributed by atoms with Crippen LogP contribution in [0.3, 0.4) is 0 Å². The Kier molecular flexibility index (Phi) is 4.44. The van der Waals surface area contributed by atoms with Crippen molar-refractivity contribution in [3.63, 3.8) is 0 Å². The van der Waals surface area contributed by atoms with Crippen LogP contribution in [-0.2, 0) is 6.61 Å². The van der Waals surface area contributed by atoms with E-state index in [0.717, 1.165) is 5.69 Å². The van der Waals surface area contributed by atoms with E-state index >= 15 is 0 Å². The van der Waals surface area contributed by atoms with E-state index in [1.165, 1.54) is 6.07 Å². The second kappa shape index (κ2) is 6.09. The quantitative estimate of drug-likeness (QED) is 0.905. The van der Waals surface area contributed by atoms with Gasteiger partial charge in [0, 0.05) is 10.5 Å². The number of nitrogens with zero attached hydrogens (tertiary/aromatic N) is 2. The lowest BCUT2D eigenvalue weighted by Gasteiger charge is -2.13. The first-order valence-electron chi connectivity index (χ1n) is 6.15. The lowest BCUT2D eigenvalue weighted by atomic mass is 10.2. The summed E-state index contributed by atoms with van der Waals surface area (Å²) in [6, 6.07) is 5.20. The summed E-state index contributed by atoms with van der Waals surface area (Å²) in [5, 5.41) is 9.06. The molecule has 0 radical (unpaired) electrons. The molecular formula is C14H15BrN2O3. The molecule has 0 saturated carbocycles. The third-order valence-corrected chi connectivity index (χ3v) is 3.55. The van der Waals surface area contributed by atoms with E-state index in [1.54, 1.807) is 24.7 Å². The molecule has 0 fully saturated rings. The van der Waals surface area contributed by atoms with Gasteiger partial charge in [-0.15, -0.1) is 0 Å². The summed E-state index contributed by atoms with van der Waals surface area (Å²) in [5.74, 6) is -0.475. The van der Waals surface area contributed by atoms with Crippen molar-refractivity contribution < 1.29 is 14.6 Å². The van der Waals surface area contributed by atoms with Crippen LogP contribution in [0.4, 0.5) is 0 Å². The molecule has 0 aliphatic carbocycles. The summed E-state index contributed by atoms with van der Waals surface area (Å²) in [4.78, 5) is 15.1. The number of carboxylic acids is 1. The van der Waals surface area contributed by atoms with E-state index in [2.05, 4.69) is 34.8 Å². The third-order valence-electron chi connectivity index (χ3n) is 2.86. The zero-order chi connectivity index (χ0) is 14.7.